The summed E-state index contributed by atoms with van der Waals surface area (Å²) in [6, 6.07) is 0. The van der Waals surface area contributed by atoms with Crippen LogP contribution in [0.3, 0.4) is 0 Å². The van der Waals surface area contributed by atoms with Gasteiger partial charge in [-0.1, -0.05) is 6.92 Å². The van der Waals surface area contributed by atoms with Crippen LogP contribution >= 0.6 is 0 Å². The maximum absolute atomic E-state index is 8.82. The van der Waals surface area contributed by atoms with E-state index in [2.05, 4.69) is 6.92 Å². The summed E-state index contributed by atoms with van der Waals surface area (Å²) in [4.78, 5) is 8.82. The molecule has 1 aliphatic carbocycles. The normalized spacial score (nSPS) is 31.6. The van der Waals surface area contributed by atoms with Crippen molar-refractivity contribution in [3.8, 4) is 0 Å². The van der Waals surface area contributed by atoms with E-state index in [9.17, 15) is 0 Å². The van der Waals surface area contributed by atoms with Gasteiger partial charge in [0.25, 0.3) is 5.78 Å². The smallest absolute Gasteiger partial charge is 0.284 e. The van der Waals surface area contributed by atoms with Crippen molar-refractivity contribution in [2.24, 2.45) is 5.92 Å². The highest BCUT2D eigenvalue weighted by molar-refractivity contribution is 5.81. The van der Waals surface area contributed by atoms with E-state index in [4.69, 9.17) is 4.79 Å². The Balaban J connectivity index is 2.40. The zero-order valence-corrected chi connectivity index (χ0v) is 4.65. The van der Waals surface area contributed by atoms with E-state index in [0.717, 1.165) is 18.8 Å². The fourth-order valence-corrected chi connectivity index (χ4v) is 1.02. The Kier molecular flexibility index (Phi) is 1.13. The maximum Gasteiger partial charge on any atom is 0.293 e. The third-order valence-corrected chi connectivity index (χ3v) is 1.51. The molecule has 0 aromatic rings. The van der Waals surface area contributed by atoms with Crippen LogP contribution < -0.4 is 0 Å². The van der Waals surface area contributed by atoms with E-state index >= 15 is 0 Å². The molecule has 0 spiro atoms. The lowest BCUT2D eigenvalue weighted by atomic mass is 10.1. The van der Waals surface area contributed by atoms with Gasteiger partial charge in [-0.25, -0.2) is 0 Å². The minimum absolute atomic E-state index is 0.701. The average Bonchev–Trinajstić information content (AvgIpc) is 1.87. The van der Waals surface area contributed by atoms with Crippen LogP contribution in [0.15, 0.2) is 0 Å². The molecule has 1 aliphatic rings. The Labute approximate surface area is 43.7 Å². The first kappa shape index (κ1) is 4.82. The van der Waals surface area contributed by atoms with Crippen LogP contribution in [0, 0.1) is 5.92 Å². The molecular formula is C6H11O+. The standard InChI is InChI=1S/C6H10O/c1-5-2-3-6(7)4-5/h5H,2-4H2,1H3/p+1. The van der Waals surface area contributed by atoms with Crippen molar-refractivity contribution in [2.45, 2.75) is 26.2 Å². The third-order valence-electron chi connectivity index (χ3n) is 1.51. The minimum atomic E-state index is 0.701. The summed E-state index contributed by atoms with van der Waals surface area (Å²) in [7, 11) is 0. The van der Waals surface area contributed by atoms with Crippen molar-refractivity contribution < 1.29 is 4.79 Å². The number of ketones is 1. The van der Waals surface area contributed by atoms with Crippen LogP contribution in [-0.2, 0) is 0 Å². The highest BCUT2D eigenvalue weighted by Crippen LogP contribution is 2.19. The molecule has 1 atom stereocenters. The van der Waals surface area contributed by atoms with Gasteiger partial charge in [-0.2, -0.15) is 0 Å². The van der Waals surface area contributed by atoms with Crippen LogP contribution in [0.2, 0.25) is 0 Å². The number of rotatable bonds is 0. The van der Waals surface area contributed by atoms with E-state index in [1.54, 1.807) is 0 Å². The largest absolute Gasteiger partial charge is 0.293 e. The van der Waals surface area contributed by atoms with Crippen molar-refractivity contribution in [2.75, 3.05) is 0 Å². The Morgan fingerprint density at radius 3 is 2.57 bits per heavy atom. The van der Waals surface area contributed by atoms with E-state index in [0.29, 0.717) is 5.78 Å². The number of carbonyl (C=O) groups excluding carboxylic acids is 1. The van der Waals surface area contributed by atoms with Crippen LogP contribution in [-0.4, -0.2) is 10.6 Å². The van der Waals surface area contributed by atoms with Crippen LogP contribution in [0.5, 0.6) is 0 Å². The van der Waals surface area contributed by atoms with Crippen molar-refractivity contribution in [1.29, 1.82) is 0 Å². The monoisotopic (exact) mass is 99.1 g/mol. The maximum atomic E-state index is 8.82. The molecule has 1 fully saturated rings. The predicted octanol–water partition coefficient (Wildman–Crippen LogP) is 1.35. The third kappa shape index (κ3) is 1.02. The van der Waals surface area contributed by atoms with Gasteiger partial charge in [0.1, 0.15) is 0 Å². The van der Waals surface area contributed by atoms with Gasteiger partial charge in [-0.05, 0) is 12.3 Å². The Morgan fingerprint density at radius 2 is 2.43 bits per heavy atom. The highest BCUT2D eigenvalue weighted by atomic mass is 16.1. The fourth-order valence-electron chi connectivity index (χ4n) is 1.02. The van der Waals surface area contributed by atoms with E-state index in [1.807, 2.05) is 0 Å². The summed E-state index contributed by atoms with van der Waals surface area (Å²) in [5.41, 5.74) is 0. The predicted molar refractivity (Wildman–Crippen MR) is 30.0 cm³/mol. The van der Waals surface area contributed by atoms with E-state index in [1.165, 1.54) is 6.42 Å². The van der Waals surface area contributed by atoms with Crippen LogP contribution in [0.4, 0.5) is 0 Å². The molecule has 0 heterocycles. The average molecular weight is 99.2 g/mol. The van der Waals surface area contributed by atoms with Gasteiger partial charge in [0.05, 0.1) is 12.8 Å². The molecule has 0 radical (unpaired) electrons. The second kappa shape index (κ2) is 1.65. The quantitative estimate of drug-likeness (QED) is 0.409. The van der Waals surface area contributed by atoms with Crippen molar-refractivity contribution in [1.82, 2.24) is 0 Å². The SMILES string of the molecule is CC1CCC(=[OH+])C1. The molecule has 0 aromatic carbocycles. The van der Waals surface area contributed by atoms with Crippen LogP contribution in [0.1, 0.15) is 26.2 Å². The molecular weight excluding hydrogens is 88.1 g/mol. The van der Waals surface area contributed by atoms with Gasteiger partial charge in [0, 0.05) is 0 Å². The van der Waals surface area contributed by atoms with Crippen molar-refractivity contribution in [3.05, 3.63) is 0 Å². The molecule has 1 saturated carbocycles. The van der Waals surface area contributed by atoms with E-state index < -0.39 is 0 Å². The molecule has 7 heavy (non-hydrogen) atoms. The molecule has 0 saturated heterocycles. The van der Waals surface area contributed by atoms with E-state index in [-0.39, 0.29) is 0 Å². The van der Waals surface area contributed by atoms with Crippen LogP contribution in [0.25, 0.3) is 0 Å². The van der Waals surface area contributed by atoms with Gasteiger partial charge < -0.3 is 0 Å². The number of hydrogen-bond donors (Lipinski definition) is 0. The summed E-state index contributed by atoms with van der Waals surface area (Å²) in [5.74, 6) is 1.44. The molecule has 0 bridgehead atoms. The first-order valence-corrected chi connectivity index (χ1v) is 2.82. The van der Waals surface area contributed by atoms with Gasteiger partial charge in [-0.15, -0.1) is 0 Å². The summed E-state index contributed by atoms with van der Waals surface area (Å²) in [5, 5.41) is 0. The Bertz CT molecular complexity index is 86.2. The molecule has 0 amide bonds. The number of hydrogen-bond acceptors (Lipinski definition) is 0. The summed E-state index contributed by atoms with van der Waals surface area (Å²) in [6.07, 6.45) is 3.08. The lowest BCUT2D eigenvalue weighted by Gasteiger charge is -1.88. The summed E-state index contributed by atoms with van der Waals surface area (Å²) in [6.45, 7) is 2.17. The molecule has 1 nitrogen and oxygen atoms in total. The minimum Gasteiger partial charge on any atom is -0.284 e. The summed E-state index contributed by atoms with van der Waals surface area (Å²) >= 11 is 0. The zero-order chi connectivity index (χ0) is 5.28. The Hall–Kier alpha value is -0.330. The molecule has 0 aliphatic heterocycles. The van der Waals surface area contributed by atoms with Gasteiger partial charge in [0.2, 0.25) is 0 Å². The molecule has 1 heteroatoms. The van der Waals surface area contributed by atoms with Gasteiger partial charge in [0.15, 0.2) is 0 Å². The van der Waals surface area contributed by atoms with Crippen molar-refractivity contribution >= 4 is 5.78 Å². The lowest BCUT2D eigenvalue weighted by molar-refractivity contribution is 0.614. The van der Waals surface area contributed by atoms with Crippen molar-refractivity contribution in [3.63, 3.8) is 0 Å². The molecule has 1 rings (SSSR count). The second-order valence-corrected chi connectivity index (χ2v) is 2.41. The molecule has 0 aromatic heterocycles. The molecule has 40 valence electrons. The second-order valence-electron chi connectivity index (χ2n) is 2.41. The first-order chi connectivity index (χ1) is 3.29. The zero-order valence-electron chi connectivity index (χ0n) is 4.65. The molecule has 1 unspecified atom stereocenters. The summed E-state index contributed by atoms with van der Waals surface area (Å²) < 4.78 is 0. The van der Waals surface area contributed by atoms with Gasteiger partial charge in [-0.3, -0.25) is 4.79 Å². The Morgan fingerprint density at radius 1 is 1.71 bits per heavy atom. The molecule has 1 N–H and O–H groups in total. The lowest BCUT2D eigenvalue weighted by Crippen LogP contribution is -1.87. The topological polar surface area (TPSA) is 21.4 Å². The highest BCUT2D eigenvalue weighted by Gasteiger charge is 2.22. The fraction of sp³-hybridized carbons (Fsp3) is 0.833. The first-order valence-electron chi connectivity index (χ1n) is 2.82. The van der Waals surface area contributed by atoms with Gasteiger partial charge >= 0.3 is 0 Å².